The maximum Gasteiger partial charge on any atom is 0.272 e. The first-order valence-corrected chi connectivity index (χ1v) is 11.3. The minimum atomic E-state index is -0.156. The fourth-order valence-electron chi connectivity index (χ4n) is 3.78. The third-order valence-corrected chi connectivity index (χ3v) is 6.26. The second-order valence-electron chi connectivity index (χ2n) is 10.9. The first-order valence-electron chi connectivity index (χ1n) is 11.3. The molecule has 0 aliphatic carbocycles. The third kappa shape index (κ3) is 4.95. The van der Waals surface area contributed by atoms with Crippen LogP contribution in [0.1, 0.15) is 87.2 Å². The number of rotatable bonds is 2. The molecule has 1 heterocycles. The largest absolute Gasteiger partial charge is 0.272 e. The molecule has 32 heavy (non-hydrogen) atoms. The Bertz CT molecular complexity index is 947. The molecule has 0 saturated carbocycles. The summed E-state index contributed by atoms with van der Waals surface area (Å²) in [4.78, 5) is 26.9. The lowest BCUT2D eigenvalue weighted by Gasteiger charge is -2.39. The summed E-state index contributed by atoms with van der Waals surface area (Å²) in [5.74, 6) is -0.311. The minimum absolute atomic E-state index is 0.0182. The second-order valence-corrected chi connectivity index (χ2v) is 10.9. The van der Waals surface area contributed by atoms with Crippen LogP contribution in [0.25, 0.3) is 0 Å². The Labute approximate surface area is 192 Å². The molecule has 0 N–H and O–H groups in total. The van der Waals surface area contributed by atoms with Gasteiger partial charge in [-0.15, -0.1) is 0 Å². The SMILES string of the molecule is CC1=C(C)CN(C(=O)c2ccc(C(C)(C)C)cc2)N(C(=O)c2ccc(C(C)(C)C)cc2)C1. The molecule has 0 atom stereocenters. The van der Waals surface area contributed by atoms with Gasteiger partial charge in [0.2, 0.25) is 0 Å². The van der Waals surface area contributed by atoms with E-state index in [9.17, 15) is 9.59 Å². The molecule has 2 aromatic carbocycles. The Morgan fingerprint density at radius 2 is 0.875 bits per heavy atom. The van der Waals surface area contributed by atoms with Gasteiger partial charge in [0, 0.05) is 11.1 Å². The molecule has 0 radical (unpaired) electrons. The zero-order chi connectivity index (χ0) is 23.8. The number of nitrogens with zero attached hydrogens (tertiary/aromatic N) is 2. The normalized spacial score (nSPS) is 15.2. The number of benzene rings is 2. The molecule has 0 fully saturated rings. The van der Waals surface area contributed by atoms with Gasteiger partial charge < -0.3 is 0 Å². The quantitative estimate of drug-likeness (QED) is 0.536. The molecular formula is C28H36N2O2. The summed E-state index contributed by atoms with van der Waals surface area (Å²) in [6.07, 6.45) is 0. The highest BCUT2D eigenvalue weighted by Crippen LogP contribution is 2.26. The first-order chi connectivity index (χ1) is 14.8. The minimum Gasteiger partial charge on any atom is -0.267 e. The smallest absolute Gasteiger partial charge is 0.267 e. The van der Waals surface area contributed by atoms with Crippen LogP contribution in [0.15, 0.2) is 59.7 Å². The van der Waals surface area contributed by atoms with Gasteiger partial charge in [-0.05, 0) is 60.1 Å². The van der Waals surface area contributed by atoms with Crippen LogP contribution in [-0.4, -0.2) is 34.9 Å². The van der Waals surface area contributed by atoms with Gasteiger partial charge >= 0.3 is 0 Å². The zero-order valence-corrected chi connectivity index (χ0v) is 20.7. The lowest BCUT2D eigenvalue weighted by molar-refractivity contribution is -0.0000666. The van der Waals surface area contributed by atoms with Crippen molar-refractivity contribution in [1.29, 1.82) is 0 Å². The Morgan fingerprint density at radius 3 is 1.12 bits per heavy atom. The summed E-state index contributed by atoms with van der Waals surface area (Å²) in [7, 11) is 0. The van der Waals surface area contributed by atoms with Crippen molar-refractivity contribution in [3.8, 4) is 0 Å². The molecule has 4 nitrogen and oxygen atoms in total. The van der Waals surface area contributed by atoms with E-state index in [-0.39, 0.29) is 22.6 Å². The molecule has 0 unspecified atom stereocenters. The van der Waals surface area contributed by atoms with E-state index in [0.29, 0.717) is 24.2 Å². The van der Waals surface area contributed by atoms with E-state index in [0.717, 1.165) is 11.1 Å². The first kappa shape index (κ1) is 23.8. The van der Waals surface area contributed by atoms with E-state index in [1.165, 1.54) is 11.1 Å². The van der Waals surface area contributed by atoms with Crippen molar-refractivity contribution >= 4 is 11.8 Å². The van der Waals surface area contributed by atoms with Gasteiger partial charge in [0.1, 0.15) is 0 Å². The highest BCUT2D eigenvalue weighted by Gasteiger charge is 2.32. The maximum atomic E-state index is 13.5. The third-order valence-electron chi connectivity index (χ3n) is 6.26. The van der Waals surface area contributed by atoms with E-state index in [2.05, 4.69) is 41.5 Å². The van der Waals surface area contributed by atoms with Crippen molar-refractivity contribution in [2.24, 2.45) is 0 Å². The summed E-state index contributed by atoms with van der Waals surface area (Å²) in [5, 5.41) is 3.18. The fourth-order valence-corrected chi connectivity index (χ4v) is 3.78. The zero-order valence-electron chi connectivity index (χ0n) is 20.7. The Kier molecular flexibility index (Phi) is 6.37. The summed E-state index contributed by atoms with van der Waals surface area (Å²) >= 11 is 0. The summed E-state index contributed by atoms with van der Waals surface area (Å²) in [6.45, 7) is 17.8. The predicted octanol–water partition coefficient (Wildman–Crippen LogP) is 6.13. The van der Waals surface area contributed by atoms with E-state index >= 15 is 0 Å². The van der Waals surface area contributed by atoms with Crippen LogP contribution in [0.4, 0.5) is 0 Å². The topological polar surface area (TPSA) is 40.6 Å². The molecule has 4 heteroatoms. The van der Waals surface area contributed by atoms with Crippen molar-refractivity contribution in [3.05, 3.63) is 81.9 Å². The van der Waals surface area contributed by atoms with Crippen LogP contribution in [-0.2, 0) is 10.8 Å². The number of hydrogen-bond acceptors (Lipinski definition) is 2. The van der Waals surface area contributed by atoms with E-state index in [1.54, 1.807) is 10.0 Å². The van der Waals surface area contributed by atoms with Gasteiger partial charge in [-0.25, -0.2) is 10.0 Å². The monoisotopic (exact) mass is 432 g/mol. The Balaban J connectivity index is 1.91. The molecule has 170 valence electrons. The van der Waals surface area contributed by atoms with E-state index < -0.39 is 0 Å². The van der Waals surface area contributed by atoms with E-state index in [1.807, 2.05) is 62.4 Å². The van der Waals surface area contributed by atoms with Crippen molar-refractivity contribution in [2.75, 3.05) is 13.1 Å². The van der Waals surface area contributed by atoms with Gasteiger partial charge in [-0.2, -0.15) is 0 Å². The van der Waals surface area contributed by atoms with Crippen LogP contribution in [0.3, 0.4) is 0 Å². The summed E-state index contributed by atoms with van der Waals surface area (Å²) in [6, 6.07) is 15.5. The van der Waals surface area contributed by atoms with Crippen molar-refractivity contribution in [1.82, 2.24) is 10.0 Å². The number of amides is 2. The average Bonchev–Trinajstić information content (AvgIpc) is 2.73. The van der Waals surface area contributed by atoms with Crippen LogP contribution in [0.2, 0.25) is 0 Å². The van der Waals surface area contributed by atoms with Gasteiger partial charge in [0.05, 0.1) is 13.1 Å². The molecule has 3 rings (SSSR count). The molecule has 0 saturated heterocycles. The highest BCUT2D eigenvalue weighted by molar-refractivity contribution is 5.99. The molecular weight excluding hydrogens is 396 g/mol. The lowest BCUT2D eigenvalue weighted by Crippen LogP contribution is -2.53. The van der Waals surface area contributed by atoms with Crippen molar-refractivity contribution in [2.45, 2.75) is 66.2 Å². The standard InChI is InChI=1S/C28H36N2O2/c1-19-17-29(25(31)21-9-13-23(14-10-21)27(3,4)5)30(18-20(19)2)26(32)22-11-15-24(16-12-22)28(6,7)8/h9-16H,17-18H2,1-8H3. The summed E-state index contributed by atoms with van der Waals surface area (Å²) < 4.78 is 0. The molecule has 0 spiro atoms. The van der Waals surface area contributed by atoms with Crippen LogP contribution in [0.5, 0.6) is 0 Å². The lowest BCUT2D eigenvalue weighted by atomic mass is 9.86. The van der Waals surface area contributed by atoms with E-state index in [4.69, 9.17) is 0 Å². The number of hydrazine groups is 1. The van der Waals surface area contributed by atoms with Crippen LogP contribution in [0, 0.1) is 0 Å². The Hall–Kier alpha value is -2.88. The fraction of sp³-hybridized carbons (Fsp3) is 0.429. The molecule has 1 aliphatic rings. The molecule has 2 aromatic rings. The van der Waals surface area contributed by atoms with Gasteiger partial charge in [-0.1, -0.05) is 77.0 Å². The van der Waals surface area contributed by atoms with Gasteiger partial charge in [0.15, 0.2) is 0 Å². The number of carbonyl (C=O) groups is 2. The van der Waals surface area contributed by atoms with Crippen LogP contribution >= 0.6 is 0 Å². The predicted molar refractivity (Wildman–Crippen MR) is 131 cm³/mol. The Morgan fingerprint density at radius 1 is 0.594 bits per heavy atom. The van der Waals surface area contributed by atoms with Crippen molar-refractivity contribution in [3.63, 3.8) is 0 Å². The molecule has 2 amide bonds. The highest BCUT2D eigenvalue weighted by atomic mass is 16.2. The number of hydrogen-bond donors (Lipinski definition) is 0. The van der Waals surface area contributed by atoms with Crippen molar-refractivity contribution < 1.29 is 9.59 Å². The molecule has 1 aliphatic heterocycles. The average molecular weight is 433 g/mol. The number of carbonyl (C=O) groups excluding carboxylic acids is 2. The van der Waals surface area contributed by atoms with Crippen LogP contribution < -0.4 is 0 Å². The summed E-state index contributed by atoms with van der Waals surface area (Å²) in [5.41, 5.74) is 5.80. The van der Waals surface area contributed by atoms with Gasteiger partial charge in [0.25, 0.3) is 11.8 Å². The molecule has 0 aromatic heterocycles. The maximum absolute atomic E-state index is 13.5. The molecule has 0 bridgehead atoms. The second kappa shape index (κ2) is 8.57. The van der Waals surface area contributed by atoms with Gasteiger partial charge in [-0.3, -0.25) is 9.59 Å².